The number of nitrogens with one attached hydrogen (secondary N) is 2. The molecule has 0 amide bonds. The Morgan fingerprint density at radius 1 is 1.50 bits per heavy atom. The van der Waals surface area contributed by atoms with Gasteiger partial charge in [0.25, 0.3) is 0 Å². The van der Waals surface area contributed by atoms with Crippen LogP contribution in [-0.2, 0) is 4.74 Å². The molecule has 82 valence electrons. The van der Waals surface area contributed by atoms with Crippen molar-refractivity contribution in [3.8, 4) is 0 Å². The highest BCUT2D eigenvalue weighted by Gasteiger charge is 2.12. The lowest BCUT2D eigenvalue weighted by molar-refractivity contribution is 0.140. The highest BCUT2D eigenvalue weighted by Crippen LogP contribution is 2.02. The normalized spacial score (nSPS) is 21.3. The van der Waals surface area contributed by atoms with Gasteiger partial charge in [-0.1, -0.05) is 6.08 Å². The van der Waals surface area contributed by atoms with Crippen LogP contribution in [0.5, 0.6) is 0 Å². The van der Waals surface area contributed by atoms with Crippen molar-refractivity contribution in [2.75, 3.05) is 32.8 Å². The van der Waals surface area contributed by atoms with E-state index in [-0.39, 0.29) is 0 Å². The Kier molecular flexibility index (Phi) is 6.66. The molecule has 0 aromatic carbocycles. The molecule has 1 aliphatic heterocycles. The van der Waals surface area contributed by atoms with Gasteiger partial charge in [-0.2, -0.15) is 0 Å². The maximum atomic E-state index is 5.38. The van der Waals surface area contributed by atoms with Crippen LogP contribution in [0.15, 0.2) is 12.7 Å². The van der Waals surface area contributed by atoms with Crippen LogP contribution in [0.3, 0.4) is 0 Å². The molecular formula is C11H22N2O. The molecule has 1 fully saturated rings. The number of hydrogen-bond acceptors (Lipinski definition) is 3. The summed E-state index contributed by atoms with van der Waals surface area (Å²) in [6.45, 7) is 8.46. The summed E-state index contributed by atoms with van der Waals surface area (Å²) in [4.78, 5) is 0. The lowest BCUT2D eigenvalue weighted by Gasteiger charge is -2.11. The Balaban J connectivity index is 1.77. The van der Waals surface area contributed by atoms with Crippen molar-refractivity contribution in [2.45, 2.75) is 25.3 Å². The molecule has 1 saturated heterocycles. The predicted octanol–water partition coefficient (Wildman–Crippen LogP) is 0.921. The van der Waals surface area contributed by atoms with E-state index in [1.807, 2.05) is 6.08 Å². The molecule has 14 heavy (non-hydrogen) atoms. The third kappa shape index (κ3) is 5.37. The largest absolute Gasteiger partial charge is 0.380 e. The van der Waals surface area contributed by atoms with E-state index in [1.165, 1.54) is 19.4 Å². The topological polar surface area (TPSA) is 33.3 Å². The smallest absolute Gasteiger partial charge is 0.0591 e. The fourth-order valence-corrected chi connectivity index (χ4v) is 1.62. The van der Waals surface area contributed by atoms with Crippen molar-refractivity contribution < 1.29 is 4.74 Å². The van der Waals surface area contributed by atoms with Gasteiger partial charge < -0.3 is 15.4 Å². The van der Waals surface area contributed by atoms with Gasteiger partial charge >= 0.3 is 0 Å². The van der Waals surface area contributed by atoms with Crippen LogP contribution in [0.25, 0.3) is 0 Å². The lowest BCUT2D eigenvalue weighted by Crippen LogP contribution is -2.35. The van der Waals surface area contributed by atoms with Crippen molar-refractivity contribution in [1.29, 1.82) is 0 Å². The first-order valence-corrected chi connectivity index (χ1v) is 5.56. The third-order valence-electron chi connectivity index (χ3n) is 2.44. The first kappa shape index (κ1) is 11.7. The molecule has 0 radical (unpaired) electrons. The summed E-state index contributed by atoms with van der Waals surface area (Å²) in [5.41, 5.74) is 0. The minimum atomic E-state index is 0.683. The van der Waals surface area contributed by atoms with Crippen molar-refractivity contribution in [3.05, 3.63) is 12.7 Å². The second kappa shape index (κ2) is 7.97. The Bertz CT molecular complexity index is 144. The van der Waals surface area contributed by atoms with E-state index in [9.17, 15) is 0 Å². The zero-order chi connectivity index (χ0) is 10.1. The van der Waals surface area contributed by atoms with Crippen LogP contribution in [0.1, 0.15) is 19.3 Å². The van der Waals surface area contributed by atoms with Crippen LogP contribution < -0.4 is 10.6 Å². The average Bonchev–Trinajstić information content (AvgIpc) is 2.69. The first-order chi connectivity index (χ1) is 6.93. The molecular weight excluding hydrogens is 176 g/mol. The summed E-state index contributed by atoms with van der Waals surface area (Å²) in [5, 5.41) is 6.84. The highest BCUT2D eigenvalue weighted by atomic mass is 16.5. The van der Waals surface area contributed by atoms with Crippen molar-refractivity contribution >= 4 is 0 Å². The molecule has 0 aliphatic carbocycles. The maximum absolute atomic E-state index is 5.38. The minimum absolute atomic E-state index is 0.683. The lowest BCUT2D eigenvalue weighted by atomic mass is 10.2. The van der Waals surface area contributed by atoms with Crippen molar-refractivity contribution in [3.63, 3.8) is 0 Å². The van der Waals surface area contributed by atoms with Gasteiger partial charge in [-0.15, -0.1) is 6.58 Å². The number of ether oxygens (including phenoxy) is 1. The monoisotopic (exact) mass is 198 g/mol. The third-order valence-corrected chi connectivity index (χ3v) is 2.44. The van der Waals surface area contributed by atoms with Crippen LogP contribution in [0, 0.1) is 0 Å². The Labute approximate surface area is 86.9 Å². The molecule has 3 heteroatoms. The SMILES string of the molecule is C=CCCOCCNCC1CCCN1. The fourth-order valence-electron chi connectivity index (χ4n) is 1.62. The first-order valence-electron chi connectivity index (χ1n) is 5.56. The summed E-state index contributed by atoms with van der Waals surface area (Å²) in [6.07, 6.45) is 5.46. The van der Waals surface area contributed by atoms with Crippen molar-refractivity contribution in [2.24, 2.45) is 0 Å². The molecule has 1 unspecified atom stereocenters. The van der Waals surface area contributed by atoms with Gasteiger partial charge in [0, 0.05) is 19.1 Å². The van der Waals surface area contributed by atoms with Gasteiger partial charge in [0.05, 0.1) is 13.2 Å². The summed E-state index contributed by atoms with van der Waals surface area (Å²) in [5.74, 6) is 0. The molecule has 0 spiro atoms. The molecule has 2 N–H and O–H groups in total. The van der Waals surface area contributed by atoms with E-state index in [4.69, 9.17) is 4.74 Å². The summed E-state index contributed by atoms with van der Waals surface area (Å²) >= 11 is 0. The molecule has 1 rings (SSSR count). The predicted molar refractivity (Wildman–Crippen MR) is 59.5 cm³/mol. The number of rotatable bonds is 8. The van der Waals surface area contributed by atoms with Crippen LogP contribution in [-0.4, -0.2) is 38.9 Å². The molecule has 0 aromatic rings. The number of hydrogen-bond donors (Lipinski definition) is 2. The van der Waals surface area contributed by atoms with E-state index >= 15 is 0 Å². The van der Waals surface area contributed by atoms with E-state index in [1.54, 1.807) is 0 Å². The Hall–Kier alpha value is -0.380. The van der Waals surface area contributed by atoms with Gasteiger partial charge in [0.15, 0.2) is 0 Å². The molecule has 1 heterocycles. The van der Waals surface area contributed by atoms with Gasteiger partial charge in [-0.05, 0) is 25.8 Å². The van der Waals surface area contributed by atoms with Crippen LogP contribution >= 0.6 is 0 Å². The van der Waals surface area contributed by atoms with Crippen LogP contribution in [0.4, 0.5) is 0 Å². The van der Waals surface area contributed by atoms with Gasteiger partial charge in [-0.3, -0.25) is 0 Å². The van der Waals surface area contributed by atoms with E-state index < -0.39 is 0 Å². The molecule has 1 atom stereocenters. The molecule has 1 aliphatic rings. The molecule has 0 saturated carbocycles. The molecule has 0 bridgehead atoms. The minimum Gasteiger partial charge on any atom is -0.380 e. The van der Waals surface area contributed by atoms with Gasteiger partial charge in [0.2, 0.25) is 0 Å². The Morgan fingerprint density at radius 3 is 3.14 bits per heavy atom. The summed E-state index contributed by atoms with van der Waals surface area (Å²) < 4.78 is 5.38. The van der Waals surface area contributed by atoms with E-state index in [2.05, 4.69) is 17.2 Å². The second-order valence-corrected chi connectivity index (χ2v) is 3.69. The Morgan fingerprint density at radius 2 is 2.43 bits per heavy atom. The van der Waals surface area contributed by atoms with E-state index in [0.29, 0.717) is 6.04 Å². The summed E-state index contributed by atoms with van der Waals surface area (Å²) in [6, 6.07) is 0.683. The maximum Gasteiger partial charge on any atom is 0.0591 e. The second-order valence-electron chi connectivity index (χ2n) is 3.69. The zero-order valence-corrected chi connectivity index (χ0v) is 8.93. The van der Waals surface area contributed by atoms with Crippen LogP contribution in [0.2, 0.25) is 0 Å². The fraction of sp³-hybridized carbons (Fsp3) is 0.818. The summed E-state index contributed by atoms with van der Waals surface area (Å²) in [7, 11) is 0. The quantitative estimate of drug-likeness (QED) is 0.449. The molecule has 0 aromatic heterocycles. The van der Waals surface area contributed by atoms with Gasteiger partial charge in [0.1, 0.15) is 0 Å². The standard InChI is InChI=1S/C11H22N2O/c1-2-3-8-14-9-7-12-10-11-5-4-6-13-11/h2,11-13H,1,3-10H2. The zero-order valence-electron chi connectivity index (χ0n) is 8.93. The van der Waals surface area contributed by atoms with E-state index in [0.717, 1.165) is 32.7 Å². The van der Waals surface area contributed by atoms with Gasteiger partial charge in [-0.25, -0.2) is 0 Å². The van der Waals surface area contributed by atoms with Crippen molar-refractivity contribution in [1.82, 2.24) is 10.6 Å². The average molecular weight is 198 g/mol. The highest BCUT2D eigenvalue weighted by molar-refractivity contribution is 4.75. The molecule has 3 nitrogen and oxygen atoms in total.